The summed E-state index contributed by atoms with van der Waals surface area (Å²) in [5.41, 5.74) is 0.989. The SMILES string of the molecule is O=C(Nc1ncccc1F)c1ccc(COc2ccccc2)nc1. The number of halogens is 1. The predicted octanol–water partition coefficient (Wildman–Crippen LogP) is 3.45. The average Bonchev–Trinajstić information content (AvgIpc) is 2.63. The Bertz CT molecular complexity index is 823. The molecule has 1 amide bonds. The van der Waals surface area contributed by atoms with Crippen molar-refractivity contribution in [3.8, 4) is 5.75 Å². The monoisotopic (exact) mass is 323 g/mol. The number of carbonyl (C=O) groups excluding carboxylic acids is 1. The number of benzene rings is 1. The minimum Gasteiger partial charge on any atom is -0.487 e. The number of ether oxygens (including phenoxy) is 1. The predicted molar refractivity (Wildman–Crippen MR) is 87.2 cm³/mol. The van der Waals surface area contributed by atoms with Gasteiger partial charge in [0.05, 0.1) is 11.3 Å². The molecular formula is C18H14FN3O2. The van der Waals surface area contributed by atoms with Gasteiger partial charge in [-0.25, -0.2) is 9.37 Å². The van der Waals surface area contributed by atoms with Crippen molar-refractivity contribution in [2.45, 2.75) is 6.61 Å². The highest BCUT2D eigenvalue weighted by Gasteiger charge is 2.10. The molecule has 0 aliphatic heterocycles. The Labute approximate surface area is 138 Å². The normalized spacial score (nSPS) is 10.2. The molecule has 0 radical (unpaired) electrons. The van der Waals surface area contributed by atoms with Crippen LogP contribution in [0.15, 0.2) is 67.0 Å². The Morgan fingerprint density at radius 3 is 2.58 bits per heavy atom. The third-order valence-electron chi connectivity index (χ3n) is 3.21. The Morgan fingerprint density at radius 2 is 1.88 bits per heavy atom. The van der Waals surface area contributed by atoms with Crippen molar-refractivity contribution in [1.82, 2.24) is 9.97 Å². The second-order valence-electron chi connectivity index (χ2n) is 4.93. The zero-order valence-electron chi connectivity index (χ0n) is 12.6. The average molecular weight is 323 g/mol. The number of nitrogens with one attached hydrogen (secondary N) is 1. The minimum atomic E-state index is -0.591. The van der Waals surface area contributed by atoms with Gasteiger partial charge in [-0.05, 0) is 36.4 Å². The first-order chi connectivity index (χ1) is 11.7. The molecule has 0 fully saturated rings. The number of hydrogen-bond acceptors (Lipinski definition) is 4. The van der Waals surface area contributed by atoms with Crippen LogP contribution in [0.4, 0.5) is 10.2 Å². The van der Waals surface area contributed by atoms with Crippen molar-refractivity contribution < 1.29 is 13.9 Å². The van der Waals surface area contributed by atoms with Gasteiger partial charge in [-0.3, -0.25) is 9.78 Å². The van der Waals surface area contributed by atoms with E-state index in [1.54, 1.807) is 12.1 Å². The van der Waals surface area contributed by atoms with E-state index < -0.39 is 11.7 Å². The first kappa shape index (κ1) is 15.6. The molecule has 3 aromatic rings. The zero-order valence-corrected chi connectivity index (χ0v) is 12.6. The lowest BCUT2D eigenvalue weighted by molar-refractivity contribution is 0.102. The van der Waals surface area contributed by atoms with Crippen LogP contribution in [-0.4, -0.2) is 15.9 Å². The van der Waals surface area contributed by atoms with Gasteiger partial charge in [0.2, 0.25) is 0 Å². The van der Waals surface area contributed by atoms with Crippen molar-refractivity contribution in [3.05, 3.63) is 84.1 Å². The summed E-state index contributed by atoms with van der Waals surface area (Å²) in [5, 5.41) is 2.41. The van der Waals surface area contributed by atoms with Gasteiger partial charge in [0.15, 0.2) is 11.6 Å². The molecule has 120 valence electrons. The maximum Gasteiger partial charge on any atom is 0.258 e. The summed E-state index contributed by atoms with van der Waals surface area (Å²) >= 11 is 0. The fourth-order valence-electron chi connectivity index (χ4n) is 1.98. The number of amides is 1. The van der Waals surface area contributed by atoms with Crippen LogP contribution in [0.5, 0.6) is 5.75 Å². The van der Waals surface area contributed by atoms with E-state index in [-0.39, 0.29) is 5.82 Å². The molecule has 2 aromatic heterocycles. The summed E-state index contributed by atoms with van der Waals surface area (Å²) in [6, 6.07) is 15.3. The number of para-hydroxylation sites is 1. The highest BCUT2D eigenvalue weighted by atomic mass is 19.1. The van der Waals surface area contributed by atoms with Crippen molar-refractivity contribution in [1.29, 1.82) is 0 Å². The second kappa shape index (κ2) is 7.32. The number of aromatic nitrogens is 2. The number of anilines is 1. The van der Waals surface area contributed by atoms with E-state index in [9.17, 15) is 9.18 Å². The van der Waals surface area contributed by atoms with Crippen LogP contribution in [0.25, 0.3) is 0 Å². The van der Waals surface area contributed by atoms with Gasteiger partial charge in [0.1, 0.15) is 12.4 Å². The van der Waals surface area contributed by atoms with Gasteiger partial charge in [-0.2, -0.15) is 0 Å². The van der Waals surface area contributed by atoms with Crippen molar-refractivity contribution in [2.75, 3.05) is 5.32 Å². The number of pyridine rings is 2. The van der Waals surface area contributed by atoms with Gasteiger partial charge in [-0.15, -0.1) is 0 Å². The van der Waals surface area contributed by atoms with Crippen LogP contribution in [-0.2, 0) is 6.61 Å². The van der Waals surface area contributed by atoms with E-state index >= 15 is 0 Å². The highest BCUT2D eigenvalue weighted by molar-refractivity contribution is 6.03. The molecule has 0 atom stereocenters. The minimum absolute atomic E-state index is 0.112. The lowest BCUT2D eigenvalue weighted by atomic mass is 10.2. The van der Waals surface area contributed by atoms with Gasteiger partial charge in [0, 0.05) is 12.4 Å². The Balaban J connectivity index is 1.61. The van der Waals surface area contributed by atoms with Gasteiger partial charge in [0.25, 0.3) is 5.91 Å². The van der Waals surface area contributed by atoms with Crippen LogP contribution in [0.2, 0.25) is 0 Å². The standard InChI is InChI=1S/C18H14FN3O2/c19-16-7-4-10-20-17(16)22-18(23)13-8-9-14(21-11-13)12-24-15-5-2-1-3-6-15/h1-11H,12H2,(H,20,22,23). The summed E-state index contributed by atoms with van der Waals surface area (Å²) in [7, 11) is 0. The molecule has 0 aliphatic carbocycles. The summed E-state index contributed by atoms with van der Waals surface area (Å²) in [5.74, 6) is -0.437. The topological polar surface area (TPSA) is 64.1 Å². The molecule has 1 N–H and O–H groups in total. The van der Waals surface area contributed by atoms with Gasteiger partial charge < -0.3 is 10.1 Å². The molecule has 0 unspecified atom stereocenters. The third kappa shape index (κ3) is 3.92. The number of carbonyl (C=O) groups is 1. The van der Waals surface area contributed by atoms with Crippen molar-refractivity contribution >= 4 is 11.7 Å². The van der Waals surface area contributed by atoms with Crippen molar-refractivity contribution in [2.24, 2.45) is 0 Å². The zero-order chi connectivity index (χ0) is 16.8. The van der Waals surface area contributed by atoms with Crippen LogP contribution in [0.1, 0.15) is 16.1 Å². The fraction of sp³-hybridized carbons (Fsp3) is 0.0556. The number of nitrogens with zero attached hydrogens (tertiary/aromatic N) is 2. The van der Waals surface area contributed by atoms with E-state index in [1.165, 1.54) is 24.5 Å². The van der Waals surface area contributed by atoms with E-state index in [1.807, 2.05) is 30.3 Å². The summed E-state index contributed by atoms with van der Waals surface area (Å²) in [6.07, 6.45) is 2.82. The van der Waals surface area contributed by atoms with Gasteiger partial charge in [-0.1, -0.05) is 18.2 Å². The Hall–Kier alpha value is -3.28. The Morgan fingerprint density at radius 1 is 1.04 bits per heavy atom. The van der Waals surface area contributed by atoms with Crippen LogP contribution >= 0.6 is 0 Å². The molecule has 6 heteroatoms. The van der Waals surface area contributed by atoms with E-state index in [4.69, 9.17) is 4.74 Å². The molecule has 0 aliphatic rings. The molecular weight excluding hydrogens is 309 g/mol. The van der Waals surface area contributed by atoms with Crippen molar-refractivity contribution in [3.63, 3.8) is 0 Å². The molecule has 1 aromatic carbocycles. The van der Waals surface area contributed by atoms with Gasteiger partial charge >= 0.3 is 0 Å². The first-order valence-corrected chi connectivity index (χ1v) is 7.27. The maximum absolute atomic E-state index is 13.5. The maximum atomic E-state index is 13.5. The largest absolute Gasteiger partial charge is 0.487 e. The highest BCUT2D eigenvalue weighted by Crippen LogP contribution is 2.12. The lowest BCUT2D eigenvalue weighted by Crippen LogP contribution is -2.14. The number of rotatable bonds is 5. The number of hydrogen-bond donors (Lipinski definition) is 1. The Kier molecular flexibility index (Phi) is 4.76. The quantitative estimate of drug-likeness (QED) is 0.781. The molecule has 0 spiro atoms. The molecule has 24 heavy (non-hydrogen) atoms. The summed E-state index contributed by atoms with van der Waals surface area (Å²) < 4.78 is 19.1. The van der Waals surface area contributed by atoms with Crippen LogP contribution in [0, 0.1) is 5.82 Å². The smallest absolute Gasteiger partial charge is 0.258 e. The fourth-order valence-corrected chi connectivity index (χ4v) is 1.98. The second-order valence-corrected chi connectivity index (χ2v) is 4.93. The van der Waals surface area contributed by atoms with E-state index in [0.717, 1.165) is 5.75 Å². The molecule has 3 rings (SSSR count). The molecule has 0 bridgehead atoms. The van der Waals surface area contributed by atoms with E-state index in [2.05, 4.69) is 15.3 Å². The molecule has 5 nitrogen and oxygen atoms in total. The first-order valence-electron chi connectivity index (χ1n) is 7.27. The molecule has 2 heterocycles. The molecule has 0 saturated heterocycles. The molecule has 0 saturated carbocycles. The summed E-state index contributed by atoms with van der Waals surface area (Å²) in [4.78, 5) is 20.0. The lowest BCUT2D eigenvalue weighted by Gasteiger charge is -2.07. The van der Waals surface area contributed by atoms with Crippen LogP contribution in [0.3, 0.4) is 0 Å². The summed E-state index contributed by atoms with van der Waals surface area (Å²) in [6.45, 7) is 0.292. The van der Waals surface area contributed by atoms with Crippen LogP contribution < -0.4 is 10.1 Å². The third-order valence-corrected chi connectivity index (χ3v) is 3.21. The van der Waals surface area contributed by atoms with E-state index in [0.29, 0.717) is 17.9 Å².